The number of hydrogen-bond donors (Lipinski definition) is 1. The van der Waals surface area contributed by atoms with Gasteiger partial charge in [-0.15, -0.1) is 0 Å². The molecule has 6 heteroatoms. The normalized spacial score (nSPS) is 17.5. The highest BCUT2D eigenvalue weighted by atomic mass is 16.5. The van der Waals surface area contributed by atoms with Crippen LogP contribution >= 0.6 is 0 Å². The van der Waals surface area contributed by atoms with Crippen LogP contribution in [0.25, 0.3) is 0 Å². The smallest absolute Gasteiger partial charge is 0.325 e. The zero-order valence-corrected chi connectivity index (χ0v) is 12.3. The Labute approximate surface area is 123 Å². The van der Waals surface area contributed by atoms with Crippen molar-refractivity contribution in [2.75, 3.05) is 18.6 Å². The molecule has 1 aromatic carbocycles. The molecule has 1 unspecified atom stereocenters. The molecule has 1 aliphatic rings. The Morgan fingerprint density at radius 3 is 2.76 bits per heavy atom. The number of hydrogen-bond acceptors (Lipinski definition) is 5. The van der Waals surface area contributed by atoms with E-state index in [-0.39, 0.29) is 25.0 Å². The lowest BCUT2D eigenvalue weighted by atomic mass is 10.0. The van der Waals surface area contributed by atoms with Crippen LogP contribution in [0.5, 0.6) is 5.75 Å². The number of benzene rings is 1. The maximum Gasteiger partial charge on any atom is 0.325 e. The molecule has 1 aromatic rings. The molecule has 0 bridgehead atoms. The maximum absolute atomic E-state index is 12.5. The van der Waals surface area contributed by atoms with Gasteiger partial charge in [-0.25, -0.2) is 0 Å². The summed E-state index contributed by atoms with van der Waals surface area (Å²) >= 11 is 0. The summed E-state index contributed by atoms with van der Waals surface area (Å²) < 4.78 is 10.4. The van der Waals surface area contributed by atoms with Gasteiger partial charge in [0.2, 0.25) is 0 Å². The maximum atomic E-state index is 12.5. The molecule has 0 radical (unpaired) electrons. The lowest BCUT2D eigenvalue weighted by molar-refractivity contribution is -0.141. The van der Waals surface area contributed by atoms with Gasteiger partial charge >= 0.3 is 5.97 Å². The summed E-state index contributed by atoms with van der Waals surface area (Å²) in [6.07, 6.45) is -0.656. The molecule has 0 spiro atoms. The van der Waals surface area contributed by atoms with Gasteiger partial charge in [-0.2, -0.15) is 0 Å². The highest BCUT2D eigenvalue weighted by Gasteiger charge is 2.37. The number of aliphatic hydroxyl groups is 1. The number of aliphatic hydroxyl groups excluding tert-OH is 1. The van der Waals surface area contributed by atoms with Gasteiger partial charge in [0.15, 0.2) is 6.10 Å². The molecule has 0 saturated carbocycles. The van der Waals surface area contributed by atoms with Gasteiger partial charge in [-0.1, -0.05) is 19.9 Å². The second-order valence-corrected chi connectivity index (χ2v) is 5.24. The van der Waals surface area contributed by atoms with Gasteiger partial charge in [0.1, 0.15) is 12.3 Å². The van der Waals surface area contributed by atoms with E-state index in [2.05, 4.69) is 4.74 Å². The van der Waals surface area contributed by atoms with Crippen molar-refractivity contribution in [3.63, 3.8) is 0 Å². The molecule has 0 aliphatic carbocycles. The Kier molecular flexibility index (Phi) is 4.47. The van der Waals surface area contributed by atoms with Crippen LogP contribution in [-0.2, 0) is 20.9 Å². The molecule has 1 aliphatic heterocycles. The van der Waals surface area contributed by atoms with Crippen LogP contribution in [0.2, 0.25) is 0 Å². The van der Waals surface area contributed by atoms with E-state index in [0.717, 1.165) is 0 Å². The standard InChI is InChI=1S/C15H19NO5/c1-9(2)14-15(19)16(7-13(18)20-3)11-5-4-10(8-17)6-12(11)21-14/h4-6,9,14,17H,7-8H2,1-3H3. The third-order valence-corrected chi connectivity index (χ3v) is 3.38. The molecule has 1 heterocycles. The molecule has 1 amide bonds. The second kappa shape index (κ2) is 6.13. The Bertz CT molecular complexity index is 555. The summed E-state index contributed by atoms with van der Waals surface area (Å²) in [5, 5.41) is 9.21. The Morgan fingerprint density at radius 1 is 1.48 bits per heavy atom. The first kappa shape index (κ1) is 15.3. The number of carbonyl (C=O) groups is 2. The number of amides is 1. The van der Waals surface area contributed by atoms with Crippen LogP contribution in [0.3, 0.4) is 0 Å². The van der Waals surface area contributed by atoms with E-state index in [4.69, 9.17) is 4.74 Å². The molecular formula is C15H19NO5. The Hall–Kier alpha value is -2.08. The molecular weight excluding hydrogens is 274 g/mol. The van der Waals surface area contributed by atoms with E-state index in [1.807, 2.05) is 13.8 Å². The average molecular weight is 293 g/mol. The lowest BCUT2D eigenvalue weighted by Gasteiger charge is -2.35. The van der Waals surface area contributed by atoms with Crippen LogP contribution < -0.4 is 9.64 Å². The highest BCUT2D eigenvalue weighted by Crippen LogP contribution is 2.36. The lowest BCUT2D eigenvalue weighted by Crippen LogP contribution is -2.50. The van der Waals surface area contributed by atoms with Crippen molar-refractivity contribution in [3.05, 3.63) is 23.8 Å². The predicted molar refractivity (Wildman–Crippen MR) is 76.0 cm³/mol. The summed E-state index contributed by atoms with van der Waals surface area (Å²) in [7, 11) is 1.28. The van der Waals surface area contributed by atoms with Gasteiger partial charge in [0.25, 0.3) is 5.91 Å². The van der Waals surface area contributed by atoms with Gasteiger partial charge in [0.05, 0.1) is 19.4 Å². The number of carbonyl (C=O) groups excluding carboxylic acids is 2. The molecule has 6 nitrogen and oxygen atoms in total. The molecule has 0 fully saturated rings. The number of nitrogens with zero attached hydrogens (tertiary/aromatic N) is 1. The third kappa shape index (κ3) is 3.00. The van der Waals surface area contributed by atoms with Gasteiger partial charge in [-0.05, 0) is 23.6 Å². The van der Waals surface area contributed by atoms with Crippen LogP contribution in [0, 0.1) is 5.92 Å². The first-order valence-electron chi connectivity index (χ1n) is 6.76. The molecule has 1 atom stereocenters. The van der Waals surface area contributed by atoms with Crippen molar-refractivity contribution < 1.29 is 24.2 Å². The number of ether oxygens (including phenoxy) is 2. The number of esters is 1. The molecule has 1 N–H and O–H groups in total. The molecule has 0 saturated heterocycles. The zero-order chi connectivity index (χ0) is 15.6. The third-order valence-electron chi connectivity index (χ3n) is 3.38. The second-order valence-electron chi connectivity index (χ2n) is 5.24. The van der Waals surface area contributed by atoms with Crippen molar-refractivity contribution in [1.29, 1.82) is 0 Å². The largest absolute Gasteiger partial charge is 0.478 e. The highest BCUT2D eigenvalue weighted by molar-refractivity contribution is 6.03. The summed E-state index contributed by atoms with van der Waals surface area (Å²) in [5.74, 6) is -0.308. The van der Waals surface area contributed by atoms with Crippen molar-refractivity contribution in [3.8, 4) is 5.75 Å². The van der Waals surface area contributed by atoms with E-state index in [1.54, 1.807) is 18.2 Å². The summed E-state index contributed by atoms with van der Waals surface area (Å²) in [6.45, 7) is 3.47. The van der Waals surface area contributed by atoms with E-state index < -0.39 is 12.1 Å². The van der Waals surface area contributed by atoms with E-state index >= 15 is 0 Å². The zero-order valence-electron chi connectivity index (χ0n) is 12.3. The van der Waals surface area contributed by atoms with Crippen LogP contribution in [0.4, 0.5) is 5.69 Å². The minimum Gasteiger partial charge on any atom is -0.478 e. The van der Waals surface area contributed by atoms with E-state index in [1.165, 1.54) is 12.0 Å². The SMILES string of the molecule is COC(=O)CN1C(=O)C(C(C)C)Oc2cc(CO)ccc21. The fourth-order valence-corrected chi connectivity index (χ4v) is 2.21. The fourth-order valence-electron chi connectivity index (χ4n) is 2.21. The number of rotatable bonds is 4. The number of methoxy groups -OCH3 is 1. The van der Waals surface area contributed by atoms with Gasteiger partial charge < -0.3 is 14.6 Å². The summed E-state index contributed by atoms with van der Waals surface area (Å²) in [4.78, 5) is 25.4. The fraction of sp³-hybridized carbons (Fsp3) is 0.467. The molecule has 2 rings (SSSR count). The van der Waals surface area contributed by atoms with Gasteiger partial charge in [-0.3, -0.25) is 14.5 Å². The number of anilines is 1. The van der Waals surface area contributed by atoms with Crippen LogP contribution in [0.1, 0.15) is 19.4 Å². The minimum atomic E-state index is -0.656. The number of fused-ring (bicyclic) bond motifs is 1. The van der Waals surface area contributed by atoms with E-state index in [0.29, 0.717) is 17.0 Å². The van der Waals surface area contributed by atoms with E-state index in [9.17, 15) is 14.7 Å². The Balaban J connectivity index is 2.43. The summed E-state index contributed by atoms with van der Waals surface area (Å²) in [6, 6.07) is 5.04. The van der Waals surface area contributed by atoms with Crippen LogP contribution in [-0.4, -0.2) is 36.7 Å². The Morgan fingerprint density at radius 2 is 2.19 bits per heavy atom. The quantitative estimate of drug-likeness (QED) is 0.841. The summed E-state index contributed by atoms with van der Waals surface area (Å²) in [5.41, 5.74) is 1.20. The molecule has 0 aromatic heterocycles. The van der Waals surface area contributed by atoms with Gasteiger partial charge in [0, 0.05) is 0 Å². The van der Waals surface area contributed by atoms with Crippen molar-refractivity contribution in [2.45, 2.75) is 26.6 Å². The van der Waals surface area contributed by atoms with Crippen molar-refractivity contribution in [1.82, 2.24) is 0 Å². The molecule has 21 heavy (non-hydrogen) atoms. The monoisotopic (exact) mass is 293 g/mol. The topological polar surface area (TPSA) is 76.1 Å². The predicted octanol–water partition coefficient (Wildman–Crippen LogP) is 1.10. The minimum absolute atomic E-state index is 0.0384. The molecule has 114 valence electrons. The van der Waals surface area contributed by atoms with Crippen molar-refractivity contribution >= 4 is 17.6 Å². The van der Waals surface area contributed by atoms with Crippen LogP contribution in [0.15, 0.2) is 18.2 Å². The van der Waals surface area contributed by atoms with Crippen molar-refractivity contribution in [2.24, 2.45) is 5.92 Å². The first-order chi connectivity index (χ1) is 9.97. The first-order valence-corrected chi connectivity index (χ1v) is 6.76. The average Bonchev–Trinajstić information content (AvgIpc) is 2.48.